The molecular formula is C14H18F2N2O3. The molecule has 0 radical (unpaired) electrons. The van der Waals surface area contributed by atoms with Crippen molar-refractivity contribution in [2.45, 2.75) is 53.0 Å². The lowest BCUT2D eigenvalue weighted by Crippen LogP contribution is -2.33. The van der Waals surface area contributed by atoms with Crippen LogP contribution in [0.2, 0.25) is 0 Å². The lowest BCUT2D eigenvalue weighted by atomic mass is 10.1. The lowest BCUT2D eigenvalue weighted by molar-refractivity contribution is -0.0530. The fourth-order valence-corrected chi connectivity index (χ4v) is 2.11. The minimum Gasteiger partial charge on any atom is -0.444 e. The normalized spacial score (nSPS) is 14.3. The number of aryl methyl sites for hydroxylation is 1. The van der Waals surface area contributed by atoms with Crippen LogP contribution in [0.1, 0.15) is 37.6 Å². The van der Waals surface area contributed by atoms with E-state index < -0.39 is 18.3 Å². The maximum absolute atomic E-state index is 12.2. The monoisotopic (exact) mass is 300 g/mol. The number of fused-ring (bicyclic) bond motifs is 1. The first kappa shape index (κ1) is 15.5. The topological polar surface area (TPSA) is 51.7 Å². The Labute approximate surface area is 121 Å². The van der Waals surface area contributed by atoms with Gasteiger partial charge < -0.3 is 9.47 Å². The van der Waals surface area contributed by atoms with Crippen molar-refractivity contribution < 1.29 is 23.0 Å². The van der Waals surface area contributed by atoms with Gasteiger partial charge in [-0.2, -0.15) is 8.78 Å². The molecule has 1 aromatic heterocycles. The molecule has 0 fully saturated rings. The fraction of sp³-hybridized carbons (Fsp3) is 0.571. The third-order valence-electron chi connectivity index (χ3n) is 2.96. The number of aromatic nitrogens is 1. The Balaban J connectivity index is 2.15. The Morgan fingerprint density at radius 3 is 2.62 bits per heavy atom. The van der Waals surface area contributed by atoms with Gasteiger partial charge in [-0.15, -0.1) is 0 Å². The second-order valence-corrected chi connectivity index (χ2v) is 5.92. The zero-order valence-corrected chi connectivity index (χ0v) is 12.4. The number of hydrogen-bond acceptors (Lipinski definition) is 4. The minimum absolute atomic E-state index is 0.132. The molecular weight excluding hydrogens is 282 g/mol. The number of rotatable bonds is 2. The first-order valence-electron chi connectivity index (χ1n) is 6.58. The smallest absolute Gasteiger partial charge is 0.410 e. The zero-order valence-electron chi connectivity index (χ0n) is 12.4. The molecule has 0 aliphatic carbocycles. The fourth-order valence-electron chi connectivity index (χ4n) is 2.11. The van der Waals surface area contributed by atoms with Crippen molar-refractivity contribution in [3.63, 3.8) is 0 Å². The first-order chi connectivity index (χ1) is 9.65. The number of hydrogen-bond donors (Lipinski definition) is 0. The predicted octanol–water partition coefficient (Wildman–Crippen LogP) is 3.24. The van der Waals surface area contributed by atoms with Gasteiger partial charge >= 0.3 is 12.7 Å². The molecule has 1 aromatic rings. The summed E-state index contributed by atoms with van der Waals surface area (Å²) in [5.74, 6) is -0.132. The second kappa shape index (κ2) is 5.46. The Kier molecular flexibility index (Phi) is 4.02. The molecule has 0 aromatic carbocycles. The Morgan fingerprint density at radius 2 is 2.05 bits per heavy atom. The highest BCUT2D eigenvalue weighted by Gasteiger charge is 2.30. The van der Waals surface area contributed by atoms with Gasteiger partial charge in [0, 0.05) is 6.07 Å². The van der Waals surface area contributed by atoms with E-state index in [9.17, 15) is 13.6 Å². The highest BCUT2D eigenvalue weighted by atomic mass is 19.3. The third-order valence-corrected chi connectivity index (χ3v) is 2.96. The summed E-state index contributed by atoms with van der Waals surface area (Å²) >= 11 is 0. The molecule has 2 rings (SSSR count). The summed E-state index contributed by atoms with van der Waals surface area (Å²) in [6, 6.07) is 1.45. The average molecular weight is 300 g/mol. The molecule has 116 valence electrons. The summed E-state index contributed by atoms with van der Waals surface area (Å²) in [5.41, 5.74) is 1.60. The molecule has 1 amide bonds. The van der Waals surface area contributed by atoms with E-state index >= 15 is 0 Å². The summed E-state index contributed by atoms with van der Waals surface area (Å²) in [6.07, 6.45) is -0.448. The number of carbonyl (C=O) groups is 1. The molecule has 0 bridgehead atoms. The quantitative estimate of drug-likeness (QED) is 0.841. The van der Waals surface area contributed by atoms with E-state index in [0.717, 1.165) is 11.1 Å². The average Bonchev–Trinajstić information content (AvgIpc) is 2.70. The second-order valence-electron chi connectivity index (χ2n) is 5.92. The highest BCUT2D eigenvalue weighted by Crippen LogP contribution is 2.28. The van der Waals surface area contributed by atoms with E-state index in [1.807, 2.05) is 0 Å². The summed E-state index contributed by atoms with van der Waals surface area (Å²) in [7, 11) is 0. The number of nitrogens with zero attached hydrogens (tertiary/aromatic N) is 2. The molecule has 0 unspecified atom stereocenters. The molecule has 0 N–H and O–H groups in total. The number of ether oxygens (including phenoxy) is 2. The van der Waals surface area contributed by atoms with E-state index in [-0.39, 0.29) is 12.4 Å². The van der Waals surface area contributed by atoms with Crippen LogP contribution in [-0.2, 0) is 17.8 Å². The predicted molar refractivity (Wildman–Crippen MR) is 71.1 cm³/mol. The van der Waals surface area contributed by atoms with Crippen LogP contribution in [-0.4, -0.2) is 28.2 Å². The lowest BCUT2D eigenvalue weighted by Gasteiger charge is -2.24. The van der Waals surface area contributed by atoms with Gasteiger partial charge in [0.1, 0.15) is 5.60 Å². The van der Waals surface area contributed by atoms with Crippen molar-refractivity contribution in [1.29, 1.82) is 0 Å². The van der Waals surface area contributed by atoms with Crippen LogP contribution in [0.25, 0.3) is 0 Å². The minimum atomic E-state index is -2.92. The number of carbonyl (C=O) groups excluding carboxylic acids is 1. The first-order valence-corrected chi connectivity index (χ1v) is 6.58. The highest BCUT2D eigenvalue weighted by molar-refractivity contribution is 5.69. The van der Waals surface area contributed by atoms with Crippen LogP contribution in [0.15, 0.2) is 6.07 Å². The molecule has 0 saturated heterocycles. The van der Waals surface area contributed by atoms with Gasteiger partial charge in [0.25, 0.3) is 0 Å². The molecule has 1 aliphatic rings. The Bertz CT molecular complexity index is 556. The summed E-state index contributed by atoms with van der Waals surface area (Å²) in [6.45, 7) is 4.80. The zero-order chi connectivity index (χ0) is 15.8. The number of pyridine rings is 1. The summed E-state index contributed by atoms with van der Waals surface area (Å²) < 4.78 is 34.1. The van der Waals surface area contributed by atoms with Gasteiger partial charge in [-0.25, -0.2) is 9.78 Å². The molecule has 0 atom stereocenters. The number of amides is 1. The van der Waals surface area contributed by atoms with Gasteiger partial charge in [0.05, 0.1) is 18.8 Å². The van der Waals surface area contributed by atoms with E-state index in [0.29, 0.717) is 12.2 Å². The van der Waals surface area contributed by atoms with Crippen molar-refractivity contribution in [2.75, 3.05) is 0 Å². The maximum atomic E-state index is 12.2. The van der Waals surface area contributed by atoms with Gasteiger partial charge in [0.2, 0.25) is 5.88 Å². The molecule has 0 spiro atoms. The summed E-state index contributed by atoms with van der Waals surface area (Å²) in [4.78, 5) is 17.5. The number of halogens is 2. The van der Waals surface area contributed by atoms with Crippen molar-refractivity contribution in [3.8, 4) is 5.88 Å². The molecule has 5 nitrogen and oxygen atoms in total. The Hall–Kier alpha value is -1.92. The van der Waals surface area contributed by atoms with Crippen LogP contribution in [0.4, 0.5) is 13.6 Å². The van der Waals surface area contributed by atoms with Crippen LogP contribution < -0.4 is 4.74 Å². The standard InChI is InChI=1S/C14H18F2N2O3/c1-8-5-11(20-12(15)16)17-10-7-18(6-9(8)10)13(19)21-14(2,3)4/h5,12H,6-7H2,1-4H3. The van der Waals surface area contributed by atoms with Crippen molar-refractivity contribution in [2.24, 2.45) is 0 Å². The van der Waals surface area contributed by atoms with Gasteiger partial charge in [0.15, 0.2) is 0 Å². The van der Waals surface area contributed by atoms with Gasteiger partial charge in [-0.3, -0.25) is 4.90 Å². The summed E-state index contributed by atoms with van der Waals surface area (Å²) in [5, 5.41) is 0. The third kappa shape index (κ3) is 3.80. The van der Waals surface area contributed by atoms with Crippen molar-refractivity contribution in [1.82, 2.24) is 9.88 Å². The largest absolute Gasteiger partial charge is 0.444 e. The van der Waals surface area contributed by atoms with Gasteiger partial charge in [-0.05, 0) is 38.8 Å². The molecule has 21 heavy (non-hydrogen) atoms. The van der Waals surface area contributed by atoms with E-state index in [1.165, 1.54) is 11.0 Å². The maximum Gasteiger partial charge on any atom is 0.410 e. The van der Waals surface area contributed by atoms with Crippen LogP contribution in [0.3, 0.4) is 0 Å². The number of alkyl halides is 2. The van der Waals surface area contributed by atoms with Gasteiger partial charge in [-0.1, -0.05) is 0 Å². The van der Waals surface area contributed by atoms with E-state index in [2.05, 4.69) is 9.72 Å². The van der Waals surface area contributed by atoms with Crippen LogP contribution in [0.5, 0.6) is 5.88 Å². The van der Waals surface area contributed by atoms with Crippen molar-refractivity contribution >= 4 is 6.09 Å². The van der Waals surface area contributed by atoms with Crippen molar-refractivity contribution in [3.05, 3.63) is 22.9 Å². The van der Waals surface area contributed by atoms with E-state index in [4.69, 9.17) is 4.74 Å². The molecule has 2 heterocycles. The molecule has 0 saturated carbocycles. The van der Waals surface area contributed by atoms with E-state index in [1.54, 1.807) is 27.7 Å². The van der Waals surface area contributed by atoms with Crippen LogP contribution >= 0.6 is 0 Å². The molecule has 1 aliphatic heterocycles. The van der Waals surface area contributed by atoms with Crippen LogP contribution in [0, 0.1) is 6.92 Å². The Morgan fingerprint density at radius 1 is 1.38 bits per heavy atom. The SMILES string of the molecule is Cc1cc(OC(F)F)nc2c1CN(C(=O)OC(C)(C)C)C2. The molecule has 7 heteroatoms.